The number of amides is 1. The zero-order valence-electron chi connectivity index (χ0n) is 13.7. The van der Waals surface area contributed by atoms with E-state index in [1.807, 2.05) is 30.3 Å². The molecule has 3 rings (SSSR count). The maximum Gasteiger partial charge on any atom is 0.289 e. The van der Waals surface area contributed by atoms with E-state index in [0.717, 1.165) is 5.56 Å². The first-order valence-corrected chi connectivity index (χ1v) is 8.38. The quantitative estimate of drug-likeness (QED) is 0.440. The van der Waals surface area contributed by atoms with E-state index < -0.39 is 5.91 Å². The van der Waals surface area contributed by atoms with Crippen LogP contribution in [0, 0.1) is 0 Å². The van der Waals surface area contributed by atoms with Crippen LogP contribution in [0.25, 0.3) is 11.3 Å². The van der Waals surface area contributed by atoms with Crippen molar-refractivity contribution in [3.05, 3.63) is 64.3 Å². The summed E-state index contributed by atoms with van der Waals surface area (Å²) in [6.45, 7) is 0. The van der Waals surface area contributed by atoms with Crippen molar-refractivity contribution in [2.45, 2.75) is 0 Å². The summed E-state index contributed by atoms with van der Waals surface area (Å²) >= 11 is 3.32. The average Bonchev–Trinajstić information content (AvgIpc) is 3.15. The van der Waals surface area contributed by atoms with Crippen LogP contribution in [0.2, 0.25) is 0 Å². The molecular formula is C18H15BrN4O3. The SMILES string of the molecule is COc1cc(Br)cc(C=NNC(=O)c2cc(-c3ccccc3)n[nH]2)c1O. The van der Waals surface area contributed by atoms with E-state index in [-0.39, 0.29) is 11.4 Å². The molecule has 132 valence electrons. The number of carbonyl (C=O) groups is 1. The molecule has 0 unspecified atom stereocenters. The molecule has 0 spiro atoms. The van der Waals surface area contributed by atoms with Gasteiger partial charge in [-0.2, -0.15) is 10.2 Å². The summed E-state index contributed by atoms with van der Waals surface area (Å²) in [5.41, 5.74) is 4.62. The number of phenolic OH excluding ortho intramolecular Hbond substituents is 1. The van der Waals surface area contributed by atoms with Crippen molar-refractivity contribution in [3.63, 3.8) is 0 Å². The Bertz CT molecular complexity index is 954. The molecule has 1 aromatic heterocycles. The largest absolute Gasteiger partial charge is 0.504 e. The van der Waals surface area contributed by atoms with Crippen molar-refractivity contribution in [2.24, 2.45) is 5.10 Å². The van der Waals surface area contributed by atoms with Crippen LogP contribution < -0.4 is 10.2 Å². The second-order valence-electron chi connectivity index (χ2n) is 5.28. The molecule has 0 bridgehead atoms. The molecular weight excluding hydrogens is 400 g/mol. The number of aromatic hydroxyl groups is 1. The van der Waals surface area contributed by atoms with Crippen LogP contribution in [0.1, 0.15) is 16.1 Å². The van der Waals surface area contributed by atoms with Gasteiger partial charge in [0, 0.05) is 15.6 Å². The number of nitrogens with one attached hydrogen (secondary N) is 2. The van der Waals surface area contributed by atoms with Crippen LogP contribution in [0.3, 0.4) is 0 Å². The molecule has 8 heteroatoms. The molecule has 0 aliphatic rings. The molecule has 1 amide bonds. The highest BCUT2D eigenvalue weighted by Gasteiger charge is 2.11. The molecule has 3 aromatic rings. The number of carbonyl (C=O) groups excluding carboxylic acids is 1. The van der Waals surface area contributed by atoms with Crippen molar-refractivity contribution in [2.75, 3.05) is 7.11 Å². The van der Waals surface area contributed by atoms with E-state index in [0.29, 0.717) is 21.5 Å². The topological polar surface area (TPSA) is 99.6 Å². The number of nitrogens with zero attached hydrogens (tertiary/aromatic N) is 2. The fraction of sp³-hybridized carbons (Fsp3) is 0.0556. The van der Waals surface area contributed by atoms with Crippen molar-refractivity contribution >= 4 is 28.1 Å². The van der Waals surface area contributed by atoms with E-state index in [9.17, 15) is 9.90 Å². The van der Waals surface area contributed by atoms with Gasteiger partial charge in [-0.3, -0.25) is 9.89 Å². The number of hydrogen-bond acceptors (Lipinski definition) is 5. The lowest BCUT2D eigenvalue weighted by molar-refractivity contribution is 0.0950. The number of rotatable bonds is 5. The Morgan fingerprint density at radius 1 is 1.31 bits per heavy atom. The number of hydrogen-bond donors (Lipinski definition) is 3. The summed E-state index contributed by atoms with van der Waals surface area (Å²) in [4.78, 5) is 12.2. The van der Waals surface area contributed by atoms with Crippen molar-refractivity contribution in [3.8, 4) is 22.8 Å². The maximum atomic E-state index is 12.2. The summed E-state index contributed by atoms with van der Waals surface area (Å²) in [6.07, 6.45) is 1.33. The molecule has 0 aliphatic carbocycles. The second-order valence-corrected chi connectivity index (χ2v) is 6.19. The number of phenols is 1. The zero-order chi connectivity index (χ0) is 18.5. The minimum absolute atomic E-state index is 0.0680. The molecule has 26 heavy (non-hydrogen) atoms. The van der Waals surface area contributed by atoms with Gasteiger partial charge < -0.3 is 9.84 Å². The normalized spacial score (nSPS) is 10.8. The lowest BCUT2D eigenvalue weighted by Gasteiger charge is -2.06. The predicted molar refractivity (Wildman–Crippen MR) is 101 cm³/mol. The molecule has 7 nitrogen and oxygen atoms in total. The zero-order valence-corrected chi connectivity index (χ0v) is 15.3. The van der Waals surface area contributed by atoms with E-state index >= 15 is 0 Å². The Balaban J connectivity index is 1.71. The van der Waals surface area contributed by atoms with Gasteiger partial charge in [0.25, 0.3) is 5.91 Å². The van der Waals surface area contributed by atoms with Crippen molar-refractivity contribution < 1.29 is 14.6 Å². The van der Waals surface area contributed by atoms with Gasteiger partial charge in [0.05, 0.1) is 19.0 Å². The Labute approximate surface area is 157 Å². The average molecular weight is 415 g/mol. The van der Waals surface area contributed by atoms with Crippen LogP contribution in [0.15, 0.2) is 58.1 Å². The van der Waals surface area contributed by atoms with Gasteiger partial charge in [0.15, 0.2) is 11.5 Å². The summed E-state index contributed by atoms with van der Waals surface area (Å²) in [5.74, 6) is -0.216. The maximum absolute atomic E-state index is 12.2. The summed E-state index contributed by atoms with van der Waals surface area (Å²) in [6, 6.07) is 14.4. The summed E-state index contributed by atoms with van der Waals surface area (Å²) in [7, 11) is 1.45. The van der Waals surface area contributed by atoms with Crippen LogP contribution in [-0.2, 0) is 0 Å². The summed E-state index contributed by atoms with van der Waals surface area (Å²) < 4.78 is 5.77. The molecule has 0 radical (unpaired) electrons. The fourth-order valence-corrected chi connectivity index (χ4v) is 2.72. The van der Waals surface area contributed by atoms with Crippen molar-refractivity contribution in [1.29, 1.82) is 0 Å². The van der Waals surface area contributed by atoms with Gasteiger partial charge in [-0.25, -0.2) is 5.43 Å². The summed E-state index contributed by atoms with van der Waals surface area (Å²) in [5, 5.41) is 20.7. The van der Waals surface area contributed by atoms with Gasteiger partial charge in [0.2, 0.25) is 0 Å². The van der Waals surface area contributed by atoms with Crippen LogP contribution >= 0.6 is 15.9 Å². The van der Waals surface area contributed by atoms with E-state index in [2.05, 4.69) is 36.7 Å². The van der Waals surface area contributed by atoms with Gasteiger partial charge in [0.1, 0.15) is 5.69 Å². The standard InChI is InChI=1S/C18H15BrN4O3/c1-26-16-8-13(19)7-12(17(16)24)10-20-23-18(25)15-9-14(21-22-15)11-5-3-2-4-6-11/h2-10,24H,1H3,(H,21,22)(H,23,25). The lowest BCUT2D eigenvalue weighted by Crippen LogP contribution is -2.18. The van der Waals surface area contributed by atoms with Crippen LogP contribution in [-0.4, -0.2) is 34.5 Å². The molecule has 0 saturated carbocycles. The van der Waals surface area contributed by atoms with Gasteiger partial charge in [-0.05, 0) is 18.2 Å². The third kappa shape index (κ3) is 3.92. The first-order valence-electron chi connectivity index (χ1n) is 7.59. The molecule has 0 fully saturated rings. The molecule has 0 saturated heterocycles. The van der Waals surface area contributed by atoms with Gasteiger partial charge in [-0.1, -0.05) is 46.3 Å². The van der Waals surface area contributed by atoms with Crippen LogP contribution in [0.5, 0.6) is 11.5 Å². The minimum Gasteiger partial charge on any atom is -0.504 e. The molecule has 0 aliphatic heterocycles. The number of ether oxygens (including phenoxy) is 1. The lowest BCUT2D eigenvalue weighted by atomic mass is 10.1. The highest BCUT2D eigenvalue weighted by Crippen LogP contribution is 2.32. The van der Waals surface area contributed by atoms with Crippen LogP contribution in [0.4, 0.5) is 0 Å². The Morgan fingerprint density at radius 2 is 2.08 bits per heavy atom. The highest BCUT2D eigenvalue weighted by atomic mass is 79.9. The number of methoxy groups -OCH3 is 1. The number of aromatic nitrogens is 2. The molecule has 3 N–H and O–H groups in total. The van der Waals surface area contributed by atoms with E-state index in [1.165, 1.54) is 13.3 Å². The Morgan fingerprint density at radius 3 is 2.81 bits per heavy atom. The fourth-order valence-electron chi connectivity index (χ4n) is 2.26. The number of benzene rings is 2. The number of halogens is 1. The van der Waals surface area contributed by atoms with Gasteiger partial charge in [-0.15, -0.1) is 0 Å². The van der Waals surface area contributed by atoms with Gasteiger partial charge >= 0.3 is 0 Å². The number of aromatic amines is 1. The number of H-pyrrole nitrogens is 1. The second kappa shape index (κ2) is 7.83. The van der Waals surface area contributed by atoms with E-state index in [4.69, 9.17) is 4.74 Å². The Kier molecular flexibility index (Phi) is 5.33. The highest BCUT2D eigenvalue weighted by molar-refractivity contribution is 9.10. The molecule has 0 atom stereocenters. The smallest absolute Gasteiger partial charge is 0.289 e. The first-order chi connectivity index (χ1) is 12.6. The molecule has 2 aromatic carbocycles. The molecule has 1 heterocycles. The van der Waals surface area contributed by atoms with E-state index in [1.54, 1.807) is 18.2 Å². The minimum atomic E-state index is -0.447. The first kappa shape index (κ1) is 17.7. The third-order valence-electron chi connectivity index (χ3n) is 3.55. The predicted octanol–water partition coefficient (Wildman–Crippen LogP) is 3.32. The monoisotopic (exact) mass is 414 g/mol. The Hall–Kier alpha value is -3.13. The number of hydrazone groups is 1. The van der Waals surface area contributed by atoms with Crippen molar-refractivity contribution in [1.82, 2.24) is 15.6 Å². The third-order valence-corrected chi connectivity index (χ3v) is 4.01.